The highest BCUT2D eigenvalue weighted by Gasteiger charge is 2.06. The molecule has 3 heteroatoms. The van der Waals surface area contributed by atoms with Gasteiger partial charge in [0.15, 0.2) is 0 Å². The van der Waals surface area contributed by atoms with Gasteiger partial charge in [-0.15, -0.1) is 0 Å². The molecule has 0 aromatic heterocycles. The first-order chi connectivity index (χ1) is 6.15. The van der Waals surface area contributed by atoms with Gasteiger partial charge in [-0.1, -0.05) is 12.1 Å². The molecular formula is C10H11FN2. The van der Waals surface area contributed by atoms with Crippen molar-refractivity contribution in [3.8, 4) is 6.07 Å². The average Bonchev–Trinajstić information content (AvgIpc) is 2.10. The van der Waals surface area contributed by atoms with Gasteiger partial charge >= 0.3 is 0 Å². The van der Waals surface area contributed by atoms with E-state index in [0.29, 0.717) is 11.1 Å². The molecule has 0 aliphatic rings. The third kappa shape index (κ3) is 2.27. The van der Waals surface area contributed by atoms with Crippen LogP contribution >= 0.6 is 0 Å². The molecule has 0 radical (unpaired) electrons. The maximum absolute atomic E-state index is 13.0. The fraction of sp³-hybridized carbons (Fsp3) is 0.300. The lowest BCUT2D eigenvalue weighted by molar-refractivity contribution is 0.611. The molecule has 0 aliphatic carbocycles. The molecule has 2 nitrogen and oxygen atoms in total. The Kier molecular flexibility index (Phi) is 2.99. The minimum atomic E-state index is -0.389. The van der Waals surface area contributed by atoms with Crippen molar-refractivity contribution in [3.05, 3.63) is 35.1 Å². The second-order valence-electron chi connectivity index (χ2n) is 2.98. The maximum atomic E-state index is 13.0. The number of nitriles is 1. The number of nitrogens with zero attached hydrogens (tertiary/aromatic N) is 1. The summed E-state index contributed by atoms with van der Waals surface area (Å²) in [5, 5.41) is 8.40. The average molecular weight is 178 g/mol. The molecule has 1 rings (SSSR count). The van der Waals surface area contributed by atoms with Crippen molar-refractivity contribution in [1.29, 1.82) is 5.26 Å². The van der Waals surface area contributed by atoms with Crippen LogP contribution in [0.2, 0.25) is 0 Å². The van der Waals surface area contributed by atoms with Crippen molar-refractivity contribution in [2.24, 2.45) is 5.73 Å². The van der Waals surface area contributed by atoms with Crippen molar-refractivity contribution in [2.75, 3.05) is 0 Å². The zero-order valence-corrected chi connectivity index (χ0v) is 7.42. The van der Waals surface area contributed by atoms with E-state index in [1.165, 1.54) is 6.07 Å². The minimum Gasteiger partial charge on any atom is -0.323 e. The van der Waals surface area contributed by atoms with Gasteiger partial charge in [0.2, 0.25) is 0 Å². The van der Waals surface area contributed by atoms with Gasteiger partial charge in [-0.2, -0.15) is 5.26 Å². The Morgan fingerprint density at radius 2 is 2.31 bits per heavy atom. The number of nitrogens with two attached hydrogens (primary N) is 1. The van der Waals surface area contributed by atoms with Gasteiger partial charge < -0.3 is 5.73 Å². The summed E-state index contributed by atoms with van der Waals surface area (Å²) in [6.07, 6.45) is 0.211. The fourth-order valence-corrected chi connectivity index (χ4v) is 1.06. The van der Waals surface area contributed by atoms with Crippen LogP contribution in [-0.2, 0) is 0 Å². The normalized spacial score (nSPS) is 12.2. The Bertz CT molecular complexity index is 341. The van der Waals surface area contributed by atoms with Crippen molar-refractivity contribution in [2.45, 2.75) is 19.4 Å². The summed E-state index contributed by atoms with van der Waals surface area (Å²) in [6.45, 7) is 1.69. The first kappa shape index (κ1) is 9.69. The number of halogens is 1. The van der Waals surface area contributed by atoms with E-state index in [1.54, 1.807) is 19.1 Å². The van der Waals surface area contributed by atoms with Gasteiger partial charge in [-0.3, -0.25) is 0 Å². The molecule has 0 saturated carbocycles. The first-order valence-corrected chi connectivity index (χ1v) is 4.03. The Labute approximate surface area is 76.8 Å². The van der Waals surface area contributed by atoms with Crippen LogP contribution in [-0.4, -0.2) is 0 Å². The third-order valence-electron chi connectivity index (χ3n) is 1.94. The van der Waals surface area contributed by atoms with Crippen LogP contribution in [0.1, 0.15) is 23.6 Å². The van der Waals surface area contributed by atoms with Crippen molar-refractivity contribution < 1.29 is 4.39 Å². The van der Waals surface area contributed by atoms with E-state index in [9.17, 15) is 4.39 Å². The van der Waals surface area contributed by atoms with E-state index in [4.69, 9.17) is 11.0 Å². The first-order valence-electron chi connectivity index (χ1n) is 4.03. The molecule has 2 N–H and O–H groups in total. The number of hydrogen-bond acceptors (Lipinski definition) is 2. The van der Waals surface area contributed by atoms with E-state index in [1.807, 2.05) is 6.07 Å². The smallest absolute Gasteiger partial charge is 0.126 e. The molecule has 68 valence electrons. The van der Waals surface area contributed by atoms with Crippen LogP contribution in [0.3, 0.4) is 0 Å². The fourth-order valence-electron chi connectivity index (χ4n) is 1.06. The highest BCUT2D eigenvalue weighted by Crippen LogP contribution is 2.16. The summed E-state index contributed by atoms with van der Waals surface area (Å²) >= 11 is 0. The number of hydrogen-bond donors (Lipinski definition) is 1. The lowest BCUT2D eigenvalue weighted by Gasteiger charge is -2.08. The SMILES string of the molecule is Cc1ccc([C@@H](N)CC#N)cc1F. The monoisotopic (exact) mass is 178 g/mol. The highest BCUT2D eigenvalue weighted by atomic mass is 19.1. The lowest BCUT2D eigenvalue weighted by Crippen LogP contribution is -2.09. The molecule has 0 unspecified atom stereocenters. The lowest BCUT2D eigenvalue weighted by atomic mass is 10.0. The zero-order valence-electron chi connectivity index (χ0n) is 7.42. The standard InChI is InChI=1S/C10H11FN2/c1-7-2-3-8(6-9(7)11)10(13)4-5-12/h2-3,6,10H,4,13H2,1H3/t10-/m0/s1. The molecule has 13 heavy (non-hydrogen) atoms. The molecule has 0 saturated heterocycles. The van der Waals surface area contributed by atoms with E-state index < -0.39 is 0 Å². The Morgan fingerprint density at radius 3 is 2.85 bits per heavy atom. The molecule has 0 amide bonds. The molecular weight excluding hydrogens is 167 g/mol. The summed E-state index contributed by atoms with van der Waals surface area (Å²) in [5.74, 6) is -0.272. The van der Waals surface area contributed by atoms with Gasteiger partial charge in [-0.05, 0) is 24.1 Å². The summed E-state index contributed by atoms with van der Waals surface area (Å²) < 4.78 is 13.0. The van der Waals surface area contributed by atoms with Crippen LogP contribution < -0.4 is 5.73 Å². The van der Waals surface area contributed by atoms with Crippen LogP contribution in [0.5, 0.6) is 0 Å². The zero-order chi connectivity index (χ0) is 9.84. The molecule has 0 fully saturated rings. The maximum Gasteiger partial charge on any atom is 0.126 e. The van der Waals surface area contributed by atoms with Crippen molar-refractivity contribution in [3.63, 3.8) is 0 Å². The van der Waals surface area contributed by atoms with Crippen LogP contribution in [0.25, 0.3) is 0 Å². The number of rotatable bonds is 2. The van der Waals surface area contributed by atoms with Gasteiger partial charge in [0.25, 0.3) is 0 Å². The molecule has 1 aromatic rings. The predicted molar refractivity (Wildman–Crippen MR) is 48.3 cm³/mol. The molecule has 0 bridgehead atoms. The van der Waals surface area contributed by atoms with E-state index >= 15 is 0 Å². The van der Waals surface area contributed by atoms with Crippen LogP contribution in [0.4, 0.5) is 4.39 Å². The number of aryl methyl sites for hydroxylation is 1. The Morgan fingerprint density at radius 1 is 1.62 bits per heavy atom. The highest BCUT2D eigenvalue weighted by molar-refractivity contribution is 5.26. The van der Waals surface area contributed by atoms with Gasteiger partial charge in [0, 0.05) is 6.04 Å². The third-order valence-corrected chi connectivity index (χ3v) is 1.94. The Hall–Kier alpha value is -1.40. The number of benzene rings is 1. The van der Waals surface area contributed by atoms with E-state index in [-0.39, 0.29) is 18.3 Å². The van der Waals surface area contributed by atoms with E-state index in [2.05, 4.69) is 0 Å². The summed E-state index contributed by atoms with van der Waals surface area (Å²) in [7, 11) is 0. The molecule has 0 spiro atoms. The van der Waals surface area contributed by atoms with Gasteiger partial charge in [-0.25, -0.2) is 4.39 Å². The molecule has 1 atom stereocenters. The molecule has 0 aliphatic heterocycles. The second-order valence-corrected chi connectivity index (χ2v) is 2.98. The van der Waals surface area contributed by atoms with Crippen molar-refractivity contribution in [1.82, 2.24) is 0 Å². The van der Waals surface area contributed by atoms with Gasteiger partial charge in [0.05, 0.1) is 12.5 Å². The summed E-state index contributed by atoms with van der Waals surface area (Å²) in [5.41, 5.74) is 6.90. The second kappa shape index (κ2) is 4.01. The van der Waals surface area contributed by atoms with Crippen LogP contribution in [0.15, 0.2) is 18.2 Å². The summed E-state index contributed by atoms with van der Waals surface area (Å²) in [4.78, 5) is 0. The molecule has 1 aromatic carbocycles. The van der Waals surface area contributed by atoms with Crippen LogP contribution in [0, 0.1) is 24.1 Å². The molecule has 0 heterocycles. The topological polar surface area (TPSA) is 49.8 Å². The predicted octanol–water partition coefficient (Wildman–Crippen LogP) is 2.05. The quantitative estimate of drug-likeness (QED) is 0.753. The summed E-state index contributed by atoms with van der Waals surface area (Å²) in [6, 6.07) is 6.37. The van der Waals surface area contributed by atoms with Crippen molar-refractivity contribution >= 4 is 0 Å². The van der Waals surface area contributed by atoms with E-state index in [0.717, 1.165) is 0 Å². The van der Waals surface area contributed by atoms with Gasteiger partial charge in [0.1, 0.15) is 5.82 Å². The Balaban J connectivity index is 2.91. The largest absolute Gasteiger partial charge is 0.323 e. The minimum absolute atomic E-state index is 0.211.